The van der Waals surface area contributed by atoms with E-state index in [2.05, 4.69) is 35.0 Å². The Balaban J connectivity index is 1.53. The summed E-state index contributed by atoms with van der Waals surface area (Å²) in [7, 11) is 0. The van der Waals surface area contributed by atoms with Gasteiger partial charge < -0.3 is 9.88 Å². The predicted molar refractivity (Wildman–Crippen MR) is 120 cm³/mol. The smallest absolute Gasteiger partial charge is 0.224 e. The summed E-state index contributed by atoms with van der Waals surface area (Å²) in [4.78, 5) is 17.0. The molecule has 1 N–H and O–H groups in total. The zero-order chi connectivity index (χ0) is 20.5. The average molecular weight is 412 g/mol. The molecule has 29 heavy (non-hydrogen) atoms. The van der Waals surface area contributed by atoms with E-state index in [1.807, 2.05) is 30.3 Å². The van der Waals surface area contributed by atoms with E-state index in [0.29, 0.717) is 18.0 Å². The van der Waals surface area contributed by atoms with E-state index in [4.69, 9.17) is 16.6 Å². The fourth-order valence-electron chi connectivity index (χ4n) is 3.61. The van der Waals surface area contributed by atoms with Gasteiger partial charge in [-0.3, -0.25) is 4.79 Å². The second-order valence-electron chi connectivity index (χ2n) is 7.45. The molecular formula is C24H30ClN3O. The number of aryl methyl sites for hydroxylation is 2. The van der Waals surface area contributed by atoms with Crippen molar-refractivity contribution in [3.63, 3.8) is 0 Å². The molecule has 0 aliphatic heterocycles. The van der Waals surface area contributed by atoms with Gasteiger partial charge in [0.15, 0.2) is 0 Å². The van der Waals surface area contributed by atoms with E-state index in [9.17, 15) is 4.79 Å². The Morgan fingerprint density at radius 3 is 2.66 bits per heavy atom. The van der Waals surface area contributed by atoms with E-state index < -0.39 is 0 Å². The lowest BCUT2D eigenvalue weighted by Crippen LogP contribution is -2.26. The van der Waals surface area contributed by atoms with Gasteiger partial charge in [0.25, 0.3) is 0 Å². The van der Waals surface area contributed by atoms with Crippen LogP contribution in [0.4, 0.5) is 0 Å². The van der Waals surface area contributed by atoms with Gasteiger partial charge in [0.1, 0.15) is 5.82 Å². The van der Waals surface area contributed by atoms with Crippen molar-refractivity contribution in [1.82, 2.24) is 14.9 Å². The minimum absolute atomic E-state index is 0.00571. The molecule has 0 radical (unpaired) electrons. The van der Waals surface area contributed by atoms with Crippen LogP contribution < -0.4 is 5.32 Å². The Labute approximate surface area is 178 Å². The number of hydrogen-bond donors (Lipinski definition) is 1. The third-order valence-corrected chi connectivity index (χ3v) is 5.55. The first-order valence-electron chi connectivity index (χ1n) is 10.6. The maximum atomic E-state index is 12.2. The van der Waals surface area contributed by atoms with Crippen LogP contribution in [0.2, 0.25) is 5.02 Å². The highest BCUT2D eigenvalue weighted by Crippen LogP contribution is 2.19. The number of halogens is 1. The van der Waals surface area contributed by atoms with E-state index in [0.717, 1.165) is 36.3 Å². The highest BCUT2D eigenvalue weighted by atomic mass is 35.5. The summed E-state index contributed by atoms with van der Waals surface area (Å²) in [6, 6.07) is 15.8. The Morgan fingerprint density at radius 2 is 1.83 bits per heavy atom. The molecule has 0 saturated heterocycles. The minimum Gasteiger partial charge on any atom is -0.356 e. The molecule has 3 rings (SSSR count). The summed E-state index contributed by atoms with van der Waals surface area (Å²) in [6.45, 7) is 3.88. The van der Waals surface area contributed by atoms with Crippen molar-refractivity contribution in [2.75, 3.05) is 6.54 Å². The number of aromatic nitrogens is 2. The van der Waals surface area contributed by atoms with Crippen molar-refractivity contribution >= 4 is 28.5 Å². The topological polar surface area (TPSA) is 46.9 Å². The molecule has 3 aromatic rings. The van der Waals surface area contributed by atoms with E-state index >= 15 is 0 Å². The summed E-state index contributed by atoms with van der Waals surface area (Å²) >= 11 is 6.14. The van der Waals surface area contributed by atoms with Gasteiger partial charge in [0.05, 0.1) is 17.5 Å². The van der Waals surface area contributed by atoms with Gasteiger partial charge in [-0.25, -0.2) is 4.98 Å². The van der Waals surface area contributed by atoms with Crippen molar-refractivity contribution in [2.45, 2.75) is 58.4 Å². The standard InChI is InChI=1S/C24H30ClN3O/c1-2-3-4-9-17-28-22-14-8-7-13-21(22)27-23(28)15-10-16-26-24(29)18-19-11-5-6-12-20(19)25/h5-8,11-14H,2-4,9-10,15-18H2,1H3,(H,26,29). The largest absolute Gasteiger partial charge is 0.356 e. The molecule has 0 atom stereocenters. The van der Waals surface area contributed by atoms with E-state index in [1.165, 1.54) is 31.2 Å². The van der Waals surface area contributed by atoms with Crippen molar-refractivity contribution in [3.05, 3.63) is 64.9 Å². The van der Waals surface area contributed by atoms with Crippen LogP contribution in [-0.2, 0) is 24.2 Å². The molecule has 2 aromatic carbocycles. The molecule has 1 amide bonds. The summed E-state index contributed by atoms with van der Waals surface area (Å²) < 4.78 is 2.36. The fraction of sp³-hybridized carbons (Fsp3) is 0.417. The molecule has 0 saturated carbocycles. The summed E-state index contributed by atoms with van der Waals surface area (Å²) in [5.41, 5.74) is 3.13. The van der Waals surface area contributed by atoms with Crippen LogP contribution in [-0.4, -0.2) is 22.0 Å². The first kappa shape index (κ1) is 21.4. The van der Waals surface area contributed by atoms with Gasteiger partial charge in [0, 0.05) is 24.5 Å². The highest BCUT2D eigenvalue weighted by molar-refractivity contribution is 6.31. The number of carbonyl (C=O) groups excluding carboxylic acids is 1. The molecule has 0 bridgehead atoms. The third kappa shape index (κ3) is 6.07. The number of benzene rings is 2. The molecule has 4 nitrogen and oxygen atoms in total. The number of nitrogens with zero attached hydrogens (tertiary/aromatic N) is 2. The zero-order valence-electron chi connectivity index (χ0n) is 17.2. The number of unbranched alkanes of at least 4 members (excludes halogenated alkanes) is 3. The fourth-order valence-corrected chi connectivity index (χ4v) is 3.82. The first-order valence-corrected chi connectivity index (χ1v) is 11.0. The SMILES string of the molecule is CCCCCCn1c(CCCNC(=O)Cc2ccccc2Cl)nc2ccccc21. The number of fused-ring (bicyclic) bond motifs is 1. The monoisotopic (exact) mass is 411 g/mol. The van der Waals surface area contributed by atoms with Crippen LogP contribution in [0, 0.1) is 0 Å². The first-order chi connectivity index (χ1) is 14.2. The van der Waals surface area contributed by atoms with E-state index in [1.54, 1.807) is 0 Å². The lowest BCUT2D eigenvalue weighted by atomic mass is 10.1. The second-order valence-corrected chi connectivity index (χ2v) is 7.86. The third-order valence-electron chi connectivity index (χ3n) is 5.18. The Morgan fingerprint density at radius 1 is 1.03 bits per heavy atom. The van der Waals surface area contributed by atoms with Crippen molar-refractivity contribution in [1.29, 1.82) is 0 Å². The minimum atomic E-state index is 0.00571. The molecule has 5 heteroatoms. The number of rotatable bonds is 11. The van der Waals surface area contributed by atoms with Crippen LogP contribution in [0.5, 0.6) is 0 Å². The van der Waals surface area contributed by atoms with Gasteiger partial charge in [-0.15, -0.1) is 0 Å². The number of imidazole rings is 1. The Kier molecular flexibility index (Phi) is 8.12. The number of carbonyl (C=O) groups is 1. The summed E-state index contributed by atoms with van der Waals surface area (Å²) in [5, 5.41) is 3.65. The summed E-state index contributed by atoms with van der Waals surface area (Å²) in [5.74, 6) is 1.12. The van der Waals surface area contributed by atoms with Crippen LogP contribution in [0.25, 0.3) is 11.0 Å². The Bertz CT molecular complexity index is 935. The highest BCUT2D eigenvalue weighted by Gasteiger charge is 2.11. The number of hydrogen-bond acceptors (Lipinski definition) is 2. The van der Waals surface area contributed by atoms with Gasteiger partial charge >= 0.3 is 0 Å². The van der Waals surface area contributed by atoms with Gasteiger partial charge in [0.2, 0.25) is 5.91 Å². The molecule has 0 spiro atoms. The molecule has 0 aliphatic rings. The maximum Gasteiger partial charge on any atom is 0.224 e. The molecule has 154 valence electrons. The molecule has 0 aliphatic carbocycles. The van der Waals surface area contributed by atoms with Gasteiger partial charge in [-0.2, -0.15) is 0 Å². The number of para-hydroxylation sites is 2. The average Bonchev–Trinajstić information content (AvgIpc) is 3.08. The van der Waals surface area contributed by atoms with Crippen molar-refractivity contribution in [3.8, 4) is 0 Å². The molecule has 0 unspecified atom stereocenters. The van der Waals surface area contributed by atoms with Crippen LogP contribution >= 0.6 is 11.6 Å². The zero-order valence-corrected chi connectivity index (χ0v) is 17.9. The maximum absolute atomic E-state index is 12.2. The molecule has 1 aromatic heterocycles. The van der Waals surface area contributed by atoms with E-state index in [-0.39, 0.29) is 5.91 Å². The normalized spacial score (nSPS) is 11.1. The number of amides is 1. The van der Waals surface area contributed by atoms with Crippen LogP contribution in [0.3, 0.4) is 0 Å². The molecular weight excluding hydrogens is 382 g/mol. The van der Waals surface area contributed by atoms with Crippen LogP contribution in [0.15, 0.2) is 48.5 Å². The van der Waals surface area contributed by atoms with Gasteiger partial charge in [-0.1, -0.05) is 68.1 Å². The lowest BCUT2D eigenvalue weighted by molar-refractivity contribution is -0.120. The number of nitrogens with one attached hydrogen (secondary N) is 1. The van der Waals surface area contributed by atoms with Crippen molar-refractivity contribution < 1.29 is 4.79 Å². The van der Waals surface area contributed by atoms with Crippen molar-refractivity contribution in [2.24, 2.45) is 0 Å². The molecule has 1 heterocycles. The van der Waals surface area contributed by atoms with Crippen LogP contribution in [0.1, 0.15) is 50.4 Å². The summed E-state index contributed by atoms with van der Waals surface area (Å²) in [6.07, 6.45) is 6.98. The predicted octanol–water partition coefficient (Wildman–Crippen LogP) is 5.56. The second kappa shape index (κ2) is 11.0. The van der Waals surface area contributed by atoms with Gasteiger partial charge in [-0.05, 0) is 36.6 Å². The lowest BCUT2D eigenvalue weighted by Gasteiger charge is -2.10. The quantitative estimate of drug-likeness (QED) is 0.420. The Hall–Kier alpha value is -2.33. The molecule has 0 fully saturated rings.